The number of carbonyl (C=O) groups is 1. The van der Waals surface area contributed by atoms with E-state index in [1.54, 1.807) is 0 Å². The molecule has 2 rings (SSSR count). The van der Waals surface area contributed by atoms with Gasteiger partial charge < -0.3 is 5.32 Å². The highest BCUT2D eigenvalue weighted by molar-refractivity contribution is 6.31. The highest BCUT2D eigenvalue weighted by atomic mass is 35.5. The molecule has 0 aromatic heterocycles. The largest absolute Gasteiger partial charge is 0.350 e. The first kappa shape index (κ1) is 19.9. The average molecular weight is 376 g/mol. The van der Waals surface area contributed by atoms with Crippen LogP contribution in [0.25, 0.3) is 0 Å². The summed E-state index contributed by atoms with van der Waals surface area (Å²) in [4.78, 5) is 25.4. The predicted octanol–water partition coefficient (Wildman–Crippen LogP) is 4.06. The zero-order chi connectivity index (χ0) is 19.1. The molecule has 0 bridgehead atoms. The number of hydrogen-bond acceptors (Lipinski definition) is 4. The second-order valence-corrected chi connectivity index (χ2v) is 6.21. The molecule has 1 N–H and O–H groups in total. The molecule has 0 saturated carbocycles. The van der Waals surface area contributed by atoms with Crippen LogP contribution in [0.4, 0.5) is 5.69 Å². The maximum absolute atomic E-state index is 12.6. The molecule has 0 heterocycles. The predicted molar refractivity (Wildman–Crippen MR) is 103 cm³/mol. The summed E-state index contributed by atoms with van der Waals surface area (Å²) in [5.74, 6) is -0.507. The normalized spacial score (nSPS) is 12.0. The molecule has 0 aliphatic rings. The second kappa shape index (κ2) is 9.31. The van der Waals surface area contributed by atoms with E-state index in [0.717, 1.165) is 18.7 Å². The molecule has 0 radical (unpaired) electrons. The topological polar surface area (TPSA) is 75.5 Å². The minimum Gasteiger partial charge on any atom is -0.350 e. The Bertz CT molecular complexity index is 764. The molecule has 0 spiro atoms. The van der Waals surface area contributed by atoms with Gasteiger partial charge in [-0.2, -0.15) is 0 Å². The van der Waals surface area contributed by atoms with Crippen LogP contribution in [-0.4, -0.2) is 35.4 Å². The second-order valence-electron chi connectivity index (χ2n) is 5.78. The number of nitrogens with one attached hydrogen (secondary N) is 1. The third-order valence-corrected chi connectivity index (χ3v) is 4.53. The molecule has 2 aromatic carbocycles. The van der Waals surface area contributed by atoms with E-state index in [2.05, 4.69) is 24.1 Å². The van der Waals surface area contributed by atoms with Gasteiger partial charge in [0.25, 0.3) is 11.6 Å². The standard InChI is InChI=1S/C19H22ClN3O3/c1-3-22(4-2)18(14-8-6-5-7-9-14)13-21-19(24)16-12-15(20)10-11-17(16)23(25)26/h5-12,18H,3-4,13H2,1-2H3,(H,21,24). The van der Waals surface area contributed by atoms with Gasteiger partial charge in [-0.3, -0.25) is 19.8 Å². The SMILES string of the molecule is CCN(CC)C(CNC(=O)c1cc(Cl)ccc1[N+](=O)[O-])c1ccccc1. The van der Waals surface area contributed by atoms with Gasteiger partial charge in [0.2, 0.25) is 0 Å². The van der Waals surface area contributed by atoms with Crippen LogP contribution in [0.5, 0.6) is 0 Å². The van der Waals surface area contributed by atoms with Gasteiger partial charge in [0, 0.05) is 17.6 Å². The van der Waals surface area contributed by atoms with Crippen molar-refractivity contribution in [2.45, 2.75) is 19.9 Å². The number of nitro benzene ring substituents is 1. The maximum Gasteiger partial charge on any atom is 0.282 e. The Hall–Kier alpha value is -2.44. The van der Waals surface area contributed by atoms with Crippen LogP contribution < -0.4 is 5.32 Å². The Morgan fingerprint density at radius 3 is 2.42 bits per heavy atom. The molecule has 0 aliphatic carbocycles. The molecule has 2 aromatic rings. The molecule has 0 fully saturated rings. The average Bonchev–Trinajstić information content (AvgIpc) is 2.65. The Morgan fingerprint density at radius 2 is 1.85 bits per heavy atom. The quantitative estimate of drug-likeness (QED) is 0.557. The molecule has 1 atom stereocenters. The van der Waals surface area contributed by atoms with Crippen molar-refractivity contribution in [2.24, 2.45) is 0 Å². The minimum absolute atomic E-state index is 0.0200. The summed E-state index contributed by atoms with van der Waals surface area (Å²) in [5.41, 5.74) is 0.789. The summed E-state index contributed by atoms with van der Waals surface area (Å²) in [6, 6.07) is 13.8. The molecule has 0 saturated heterocycles. The molecule has 7 heteroatoms. The molecule has 1 amide bonds. The van der Waals surface area contributed by atoms with Gasteiger partial charge in [0.15, 0.2) is 0 Å². The Labute approximate surface area is 157 Å². The number of amides is 1. The van der Waals surface area contributed by atoms with Crippen molar-refractivity contribution in [3.05, 3.63) is 74.8 Å². The van der Waals surface area contributed by atoms with E-state index in [1.165, 1.54) is 18.2 Å². The molecule has 0 aliphatic heterocycles. The molecule has 1 unspecified atom stereocenters. The number of nitrogens with zero attached hydrogens (tertiary/aromatic N) is 2. The number of likely N-dealkylation sites (N-methyl/N-ethyl adjacent to an activating group) is 1. The van der Waals surface area contributed by atoms with Crippen LogP contribution in [0, 0.1) is 10.1 Å². The van der Waals surface area contributed by atoms with Crippen LogP contribution in [0.15, 0.2) is 48.5 Å². The highest BCUT2D eigenvalue weighted by Crippen LogP contribution is 2.24. The number of benzene rings is 2. The van der Waals surface area contributed by atoms with Crippen molar-refractivity contribution in [3.8, 4) is 0 Å². The van der Waals surface area contributed by atoms with E-state index in [-0.39, 0.29) is 22.3 Å². The van der Waals surface area contributed by atoms with Crippen LogP contribution >= 0.6 is 11.6 Å². The first-order valence-corrected chi connectivity index (χ1v) is 8.86. The van der Waals surface area contributed by atoms with Gasteiger partial charge in [-0.15, -0.1) is 0 Å². The zero-order valence-corrected chi connectivity index (χ0v) is 15.6. The fourth-order valence-electron chi connectivity index (χ4n) is 2.93. The Kier molecular flexibility index (Phi) is 7.12. The third kappa shape index (κ3) is 4.80. The molecule has 138 valence electrons. The van der Waals surface area contributed by atoms with Gasteiger partial charge in [-0.1, -0.05) is 55.8 Å². The van der Waals surface area contributed by atoms with E-state index >= 15 is 0 Å². The van der Waals surface area contributed by atoms with Crippen molar-refractivity contribution in [2.75, 3.05) is 19.6 Å². The smallest absolute Gasteiger partial charge is 0.282 e. The highest BCUT2D eigenvalue weighted by Gasteiger charge is 2.23. The van der Waals surface area contributed by atoms with Gasteiger partial charge in [-0.05, 0) is 30.8 Å². The summed E-state index contributed by atoms with van der Waals surface area (Å²) in [5, 5.41) is 14.3. The lowest BCUT2D eigenvalue weighted by Gasteiger charge is -2.30. The molecular formula is C19H22ClN3O3. The van der Waals surface area contributed by atoms with Gasteiger partial charge in [-0.25, -0.2) is 0 Å². The summed E-state index contributed by atoms with van der Waals surface area (Å²) < 4.78 is 0. The summed E-state index contributed by atoms with van der Waals surface area (Å²) >= 11 is 5.91. The molecular weight excluding hydrogens is 354 g/mol. The van der Waals surface area contributed by atoms with E-state index in [1.807, 2.05) is 30.3 Å². The minimum atomic E-state index is -0.579. The van der Waals surface area contributed by atoms with E-state index in [4.69, 9.17) is 11.6 Å². The monoisotopic (exact) mass is 375 g/mol. The Balaban J connectivity index is 2.22. The fraction of sp³-hybridized carbons (Fsp3) is 0.316. The lowest BCUT2D eigenvalue weighted by atomic mass is 10.0. The van der Waals surface area contributed by atoms with Crippen molar-refractivity contribution in [1.82, 2.24) is 10.2 Å². The third-order valence-electron chi connectivity index (χ3n) is 4.29. The number of nitro groups is 1. The van der Waals surface area contributed by atoms with Crippen LogP contribution in [0.3, 0.4) is 0 Å². The van der Waals surface area contributed by atoms with E-state index < -0.39 is 10.8 Å². The maximum atomic E-state index is 12.6. The first-order chi connectivity index (χ1) is 12.5. The van der Waals surface area contributed by atoms with E-state index in [9.17, 15) is 14.9 Å². The summed E-state index contributed by atoms with van der Waals surface area (Å²) in [7, 11) is 0. The van der Waals surface area contributed by atoms with Gasteiger partial charge >= 0.3 is 0 Å². The van der Waals surface area contributed by atoms with Crippen molar-refractivity contribution in [3.63, 3.8) is 0 Å². The van der Waals surface area contributed by atoms with E-state index in [0.29, 0.717) is 6.54 Å². The lowest BCUT2D eigenvalue weighted by Crippen LogP contribution is -2.38. The number of halogens is 1. The van der Waals surface area contributed by atoms with Crippen LogP contribution in [0.2, 0.25) is 5.02 Å². The zero-order valence-electron chi connectivity index (χ0n) is 14.8. The number of carbonyl (C=O) groups excluding carboxylic acids is 1. The van der Waals surface area contributed by atoms with Gasteiger partial charge in [0.05, 0.1) is 11.0 Å². The first-order valence-electron chi connectivity index (χ1n) is 8.49. The van der Waals surface area contributed by atoms with Crippen LogP contribution in [-0.2, 0) is 0 Å². The summed E-state index contributed by atoms with van der Waals surface area (Å²) in [6.07, 6.45) is 0. The molecule has 6 nitrogen and oxygen atoms in total. The fourth-order valence-corrected chi connectivity index (χ4v) is 3.10. The van der Waals surface area contributed by atoms with Crippen molar-refractivity contribution >= 4 is 23.2 Å². The van der Waals surface area contributed by atoms with Crippen LogP contribution in [0.1, 0.15) is 35.8 Å². The van der Waals surface area contributed by atoms with Gasteiger partial charge in [0.1, 0.15) is 5.56 Å². The van der Waals surface area contributed by atoms with Crippen molar-refractivity contribution < 1.29 is 9.72 Å². The molecule has 26 heavy (non-hydrogen) atoms. The summed E-state index contributed by atoms with van der Waals surface area (Å²) in [6.45, 7) is 6.10. The number of hydrogen-bond donors (Lipinski definition) is 1. The Morgan fingerprint density at radius 1 is 1.19 bits per heavy atom. The number of rotatable bonds is 8. The lowest BCUT2D eigenvalue weighted by molar-refractivity contribution is -0.385. The van der Waals surface area contributed by atoms with Crippen molar-refractivity contribution in [1.29, 1.82) is 0 Å².